The van der Waals surface area contributed by atoms with Crippen LogP contribution in [0.3, 0.4) is 0 Å². The predicted molar refractivity (Wildman–Crippen MR) is 131 cm³/mol. The lowest BCUT2D eigenvalue weighted by atomic mass is 10.1. The fourth-order valence-corrected chi connectivity index (χ4v) is 3.79. The zero-order valence-electron chi connectivity index (χ0n) is 19.9. The maximum atomic E-state index is 14.4. The van der Waals surface area contributed by atoms with Crippen LogP contribution in [0, 0.1) is 5.92 Å². The van der Waals surface area contributed by atoms with E-state index in [1.165, 1.54) is 24.5 Å². The summed E-state index contributed by atoms with van der Waals surface area (Å²) in [4.78, 5) is 21.4. The number of carbonyl (C=O) groups is 1. The van der Waals surface area contributed by atoms with Gasteiger partial charge in [0.1, 0.15) is 11.3 Å². The molecule has 2 N–H and O–H groups in total. The highest BCUT2D eigenvalue weighted by molar-refractivity contribution is 7.93. The van der Waals surface area contributed by atoms with Crippen molar-refractivity contribution in [2.45, 2.75) is 31.7 Å². The second-order valence-corrected chi connectivity index (χ2v) is 10.6. The molecule has 1 aliphatic rings. The van der Waals surface area contributed by atoms with Crippen molar-refractivity contribution in [2.24, 2.45) is 5.92 Å². The lowest BCUT2D eigenvalue weighted by molar-refractivity contribution is 0.00725. The minimum atomic E-state index is -3.45. The van der Waals surface area contributed by atoms with Gasteiger partial charge in [0.2, 0.25) is 11.7 Å². The highest BCUT2D eigenvalue weighted by atomic mass is 32.2. The molecule has 2 heterocycles. The number of benzene rings is 1. The summed E-state index contributed by atoms with van der Waals surface area (Å²) in [7, 11) is -3.43. The van der Waals surface area contributed by atoms with Gasteiger partial charge in [-0.25, -0.2) is 13.4 Å². The molecule has 1 aliphatic carbocycles. The molecular weight excluding hydrogens is 506 g/mol. The molecule has 10 nitrogen and oxygen atoms in total. The fraction of sp³-hybridized carbons (Fsp3) is 0.292. The number of carbonyl (C=O) groups excluding carboxylic acids is 1. The van der Waals surface area contributed by atoms with Crippen LogP contribution in [-0.4, -0.2) is 46.8 Å². The molecule has 0 spiro atoms. The van der Waals surface area contributed by atoms with E-state index in [9.17, 15) is 22.0 Å². The van der Waals surface area contributed by atoms with Gasteiger partial charge in [0, 0.05) is 18.6 Å². The molecule has 194 valence electrons. The third-order valence-electron chi connectivity index (χ3n) is 5.26. The second-order valence-electron chi connectivity index (χ2n) is 8.63. The van der Waals surface area contributed by atoms with E-state index in [-0.39, 0.29) is 23.0 Å². The number of nitrogens with one attached hydrogen (secondary N) is 2. The molecule has 2 aromatic heterocycles. The molecule has 1 atom stereocenters. The van der Waals surface area contributed by atoms with E-state index >= 15 is 0 Å². The molecule has 0 bridgehead atoms. The Morgan fingerprint density at radius 3 is 2.49 bits per heavy atom. The van der Waals surface area contributed by atoms with Gasteiger partial charge in [-0.2, -0.15) is 24.0 Å². The largest absolute Gasteiger partial charge is 0.438 e. The van der Waals surface area contributed by atoms with Crippen molar-refractivity contribution in [1.29, 1.82) is 0 Å². The predicted octanol–water partition coefficient (Wildman–Crippen LogP) is 3.98. The van der Waals surface area contributed by atoms with Crippen LogP contribution in [-0.2, 0) is 15.8 Å². The van der Waals surface area contributed by atoms with Crippen molar-refractivity contribution in [3.63, 3.8) is 0 Å². The number of amides is 1. The number of halogens is 2. The zero-order chi connectivity index (χ0) is 26.6. The van der Waals surface area contributed by atoms with Gasteiger partial charge in [-0.05, 0) is 37.0 Å². The lowest BCUT2D eigenvalue weighted by Crippen LogP contribution is -2.36. The molecule has 1 aromatic carbocycles. The first-order valence-electron chi connectivity index (χ1n) is 11.3. The lowest BCUT2D eigenvalue weighted by Gasteiger charge is -2.20. The Kier molecular flexibility index (Phi) is 7.43. The van der Waals surface area contributed by atoms with Crippen LogP contribution in [0.5, 0.6) is 11.6 Å². The van der Waals surface area contributed by atoms with Gasteiger partial charge in [0.25, 0.3) is 5.91 Å². The summed E-state index contributed by atoms with van der Waals surface area (Å²) in [6.45, 7) is 0.630. The number of hydrogen-bond donors (Lipinski definition) is 2. The Morgan fingerprint density at radius 2 is 1.89 bits per heavy atom. The number of anilines is 2. The van der Waals surface area contributed by atoms with Crippen LogP contribution < -0.4 is 15.4 Å². The van der Waals surface area contributed by atoms with Gasteiger partial charge < -0.3 is 15.4 Å². The first kappa shape index (κ1) is 26.1. The average molecular weight is 531 g/mol. The number of sulfone groups is 1. The topological polar surface area (TPSA) is 136 Å². The zero-order valence-corrected chi connectivity index (χ0v) is 20.7. The smallest absolute Gasteiger partial charge is 0.304 e. The van der Waals surface area contributed by atoms with Crippen LogP contribution in [0.4, 0.5) is 20.3 Å². The van der Waals surface area contributed by atoms with Gasteiger partial charge in [-0.1, -0.05) is 24.3 Å². The Morgan fingerprint density at radius 1 is 1.16 bits per heavy atom. The van der Waals surface area contributed by atoms with E-state index < -0.39 is 39.4 Å². The van der Waals surface area contributed by atoms with Crippen molar-refractivity contribution in [2.75, 3.05) is 11.6 Å². The van der Waals surface area contributed by atoms with Crippen molar-refractivity contribution >= 4 is 27.2 Å². The van der Waals surface area contributed by atoms with Gasteiger partial charge in [0.05, 0.1) is 24.1 Å². The van der Waals surface area contributed by atoms with E-state index in [1.54, 1.807) is 30.3 Å². The molecule has 37 heavy (non-hydrogen) atoms. The van der Waals surface area contributed by atoms with E-state index in [0.717, 1.165) is 24.5 Å². The molecule has 4 rings (SSSR count). The molecule has 0 unspecified atom stereocenters. The summed E-state index contributed by atoms with van der Waals surface area (Å²) in [5.74, 6) is -5.42. The molecule has 1 amide bonds. The molecule has 13 heteroatoms. The number of rotatable bonds is 10. The summed E-state index contributed by atoms with van der Waals surface area (Å²) in [5.41, 5.74) is 0.0848. The molecular formula is C24H24F2N6O4S. The number of nitrogens with zero attached hydrogens (tertiary/aromatic N) is 4. The molecule has 0 aliphatic heterocycles. The average Bonchev–Trinajstić information content (AvgIpc) is 3.67. The Bertz CT molecular complexity index is 1330. The molecule has 0 saturated heterocycles. The van der Waals surface area contributed by atoms with E-state index in [0.29, 0.717) is 12.6 Å². The van der Waals surface area contributed by atoms with Crippen molar-refractivity contribution in [1.82, 2.24) is 25.5 Å². The Hall–Kier alpha value is -4.00. The van der Waals surface area contributed by atoms with Crippen LogP contribution in [0.2, 0.25) is 0 Å². The quantitative estimate of drug-likeness (QED) is 0.399. The summed E-state index contributed by atoms with van der Waals surface area (Å²) in [6, 6.07) is 9.14. The summed E-state index contributed by atoms with van der Waals surface area (Å²) in [5, 5.41) is 14.0. The number of alkyl halides is 2. The van der Waals surface area contributed by atoms with Gasteiger partial charge in [-0.3, -0.25) is 4.79 Å². The van der Waals surface area contributed by atoms with Crippen LogP contribution in [0.1, 0.15) is 35.9 Å². The summed E-state index contributed by atoms with van der Waals surface area (Å²) in [6.07, 6.45) is 6.73. The molecule has 1 saturated carbocycles. The highest BCUT2D eigenvalue weighted by Gasteiger charge is 2.36. The Balaban J connectivity index is 1.81. The van der Waals surface area contributed by atoms with Crippen molar-refractivity contribution in [3.8, 4) is 11.6 Å². The van der Waals surface area contributed by atoms with E-state index in [2.05, 4.69) is 30.8 Å². The summed E-state index contributed by atoms with van der Waals surface area (Å²) >= 11 is 0. The first-order chi connectivity index (χ1) is 17.5. The van der Waals surface area contributed by atoms with Gasteiger partial charge in [-0.15, -0.1) is 0 Å². The Labute approximate surface area is 212 Å². The van der Waals surface area contributed by atoms with Crippen LogP contribution in [0.15, 0.2) is 60.3 Å². The maximum absolute atomic E-state index is 14.4. The van der Waals surface area contributed by atoms with E-state index in [1.807, 2.05) is 0 Å². The first-order valence-corrected chi connectivity index (χ1v) is 13.2. The normalized spacial score (nSPS) is 14.8. The van der Waals surface area contributed by atoms with Crippen LogP contribution >= 0.6 is 0 Å². The monoisotopic (exact) mass is 530 g/mol. The van der Waals surface area contributed by atoms with Gasteiger partial charge in [0.15, 0.2) is 15.7 Å². The second kappa shape index (κ2) is 10.5. The van der Waals surface area contributed by atoms with Crippen molar-refractivity contribution in [3.05, 3.63) is 71.7 Å². The maximum Gasteiger partial charge on any atom is 0.304 e. The molecule has 0 radical (unpaired) electrons. The minimum Gasteiger partial charge on any atom is -0.438 e. The number of hydrogen-bond acceptors (Lipinski definition) is 9. The number of para-hydroxylation sites is 1. The number of aromatic nitrogens is 4. The minimum absolute atomic E-state index is 0.0291. The highest BCUT2D eigenvalue weighted by Crippen LogP contribution is 2.36. The third-order valence-corrected chi connectivity index (χ3v) is 5.91. The van der Waals surface area contributed by atoms with Gasteiger partial charge >= 0.3 is 5.92 Å². The molecule has 1 fully saturated rings. The third kappa shape index (κ3) is 7.26. The molecule has 3 aromatic rings. The number of ether oxygens (including phenoxy) is 1. The van der Waals surface area contributed by atoms with Crippen molar-refractivity contribution < 1.29 is 26.7 Å². The summed E-state index contributed by atoms with van der Waals surface area (Å²) < 4.78 is 57.8. The standard InChI is InChI=1S/C24H24F2N6O4S/c1-24(25,26)23-31-20(29-16-10-12-27-28-14-16)19(22(32-23)36-17-6-4-3-5-7-17)21(33)30-18(15-8-9-15)11-13-37(2,34)35/h3-7,10-15,18H,8-9H2,1-2H3,(H,30,33)(H,27,29,31,32)/b13-11+/t18-/m1/s1. The van der Waals surface area contributed by atoms with E-state index in [4.69, 9.17) is 4.74 Å². The van der Waals surface area contributed by atoms with Crippen LogP contribution in [0.25, 0.3) is 0 Å². The SMILES string of the molecule is CC(F)(F)c1nc(Nc2ccnnc2)c(C(=O)N[C@H](/C=C/S(C)(=O)=O)C2CC2)c(Oc2ccccc2)n1. The fourth-order valence-electron chi connectivity index (χ4n) is 3.34.